The predicted molar refractivity (Wildman–Crippen MR) is 82.3 cm³/mol. The Labute approximate surface area is 128 Å². The SMILES string of the molecule is Cc1cnc2c(c1)nc(C(C)Cl)n2CCNC(=O)C1CC1. The molecule has 1 saturated carbocycles. The molecule has 2 heterocycles. The summed E-state index contributed by atoms with van der Waals surface area (Å²) in [5, 5.41) is 2.77. The van der Waals surface area contributed by atoms with Crippen LogP contribution in [0.2, 0.25) is 0 Å². The minimum absolute atomic E-state index is 0.156. The van der Waals surface area contributed by atoms with Crippen molar-refractivity contribution in [1.82, 2.24) is 19.9 Å². The lowest BCUT2D eigenvalue weighted by molar-refractivity contribution is -0.122. The number of nitrogens with one attached hydrogen (secondary N) is 1. The third kappa shape index (κ3) is 3.02. The standard InChI is InChI=1S/C15H19ClN4O/c1-9-7-12-14(18-8-9)20(13(19-12)10(2)16)6-5-17-15(21)11-3-4-11/h7-8,10-11H,3-6H2,1-2H3,(H,17,21). The molecular weight excluding hydrogens is 288 g/mol. The molecular formula is C15H19ClN4O. The summed E-state index contributed by atoms with van der Waals surface area (Å²) < 4.78 is 2.00. The van der Waals surface area contributed by atoms with Crippen LogP contribution in [0.3, 0.4) is 0 Å². The highest BCUT2D eigenvalue weighted by atomic mass is 35.5. The molecule has 6 heteroatoms. The van der Waals surface area contributed by atoms with Crippen molar-refractivity contribution < 1.29 is 4.79 Å². The van der Waals surface area contributed by atoms with E-state index >= 15 is 0 Å². The fourth-order valence-electron chi connectivity index (χ4n) is 2.43. The van der Waals surface area contributed by atoms with Gasteiger partial charge < -0.3 is 9.88 Å². The van der Waals surface area contributed by atoms with Crippen molar-refractivity contribution in [3.63, 3.8) is 0 Å². The first-order valence-corrected chi connectivity index (χ1v) is 7.74. The second-order valence-corrected chi connectivity index (χ2v) is 6.31. The van der Waals surface area contributed by atoms with Crippen LogP contribution in [-0.4, -0.2) is 27.0 Å². The molecule has 1 aliphatic carbocycles. The highest BCUT2D eigenvalue weighted by Gasteiger charge is 2.29. The van der Waals surface area contributed by atoms with Crippen molar-refractivity contribution in [2.75, 3.05) is 6.54 Å². The van der Waals surface area contributed by atoms with Gasteiger partial charge in [-0.15, -0.1) is 11.6 Å². The van der Waals surface area contributed by atoms with Crippen LogP contribution in [0.4, 0.5) is 0 Å². The molecule has 1 N–H and O–H groups in total. The molecule has 1 atom stereocenters. The van der Waals surface area contributed by atoms with Gasteiger partial charge >= 0.3 is 0 Å². The van der Waals surface area contributed by atoms with E-state index in [1.54, 1.807) is 0 Å². The second-order valence-electron chi connectivity index (χ2n) is 5.66. The van der Waals surface area contributed by atoms with Crippen molar-refractivity contribution in [3.8, 4) is 0 Å². The molecule has 5 nitrogen and oxygen atoms in total. The van der Waals surface area contributed by atoms with Gasteiger partial charge in [0.15, 0.2) is 5.65 Å². The Morgan fingerprint density at radius 1 is 1.57 bits per heavy atom. The minimum atomic E-state index is -0.196. The van der Waals surface area contributed by atoms with E-state index < -0.39 is 0 Å². The number of pyridine rings is 1. The molecule has 1 amide bonds. The molecule has 1 aliphatic rings. The Balaban J connectivity index is 1.81. The zero-order valence-corrected chi connectivity index (χ0v) is 13.0. The second kappa shape index (κ2) is 5.64. The van der Waals surface area contributed by atoms with Gasteiger partial charge in [0.1, 0.15) is 11.3 Å². The van der Waals surface area contributed by atoms with Gasteiger partial charge in [0.05, 0.1) is 5.38 Å². The number of hydrogen-bond acceptors (Lipinski definition) is 3. The number of hydrogen-bond donors (Lipinski definition) is 1. The number of imidazole rings is 1. The van der Waals surface area contributed by atoms with Crippen LogP contribution in [0.15, 0.2) is 12.3 Å². The lowest BCUT2D eigenvalue weighted by Crippen LogP contribution is -2.28. The molecule has 0 radical (unpaired) electrons. The molecule has 1 fully saturated rings. The summed E-state index contributed by atoms with van der Waals surface area (Å²) in [6.07, 6.45) is 3.86. The summed E-state index contributed by atoms with van der Waals surface area (Å²) in [6.45, 7) is 5.10. The highest BCUT2D eigenvalue weighted by Crippen LogP contribution is 2.28. The van der Waals surface area contributed by atoms with Crippen LogP contribution >= 0.6 is 11.6 Å². The fourth-order valence-corrected chi connectivity index (χ4v) is 2.60. The van der Waals surface area contributed by atoms with Crippen molar-refractivity contribution >= 4 is 28.7 Å². The van der Waals surface area contributed by atoms with E-state index in [2.05, 4.69) is 15.3 Å². The lowest BCUT2D eigenvalue weighted by Gasteiger charge is -2.10. The van der Waals surface area contributed by atoms with E-state index in [0.29, 0.717) is 13.1 Å². The average Bonchev–Trinajstić information content (AvgIpc) is 3.22. The summed E-state index contributed by atoms with van der Waals surface area (Å²) in [4.78, 5) is 20.7. The van der Waals surface area contributed by atoms with Gasteiger partial charge in [-0.3, -0.25) is 4.79 Å². The topological polar surface area (TPSA) is 59.8 Å². The van der Waals surface area contributed by atoms with Crippen molar-refractivity contribution in [2.24, 2.45) is 5.92 Å². The number of aryl methyl sites for hydroxylation is 1. The van der Waals surface area contributed by atoms with Crippen molar-refractivity contribution in [3.05, 3.63) is 23.7 Å². The number of amides is 1. The molecule has 112 valence electrons. The summed E-state index contributed by atoms with van der Waals surface area (Å²) in [7, 11) is 0. The fraction of sp³-hybridized carbons (Fsp3) is 0.533. The van der Waals surface area contributed by atoms with Crippen LogP contribution in [0.5, 0.6) is 0 Å². The van der Waals surface area contributed by atoms with Crippen LogP contribution in [-0.2, 0) is 11.3 Å². The van der Waals surface area contributed by atoms with Gasteiger partial charge in [0.2, 0.25) is 5.91 Å². The summed E-state index contributed by atoms with van der Waals surface area (Å²) in [5.74, 6) is 1.19. The Hall–Kier alpha value is -1.62. The van der Waals surface area contributed by atoms with Crippen molar-refractivity contribution in [2.45, 2.75) is 38.6 Å². The zero-order chi connectivity index (χ0) is 15.0. The molecule has 3 rings (SSSR count). The maximum atomic E-state index is 11.7. The summed E-state index contributed by atoms with van der Waals surface area (Å²) in [5.41, 5.74) is 2.75. The third-order valence-corrected chi connectivity index (χ3v) is 3.88. The van der Waals surface area contributed by atoms with Crippen LogP contribution in [0.25, 0.3) is 11.2 Å². The molecule has 0 saturated heterocycles. The largest absolute Gasteiger partial charge is 0.354 e. The molecule has 1 unspecified atom stereocenters. The molecule has 21 heavy (non-hydrogen) atoms. The average molecular weight is 307 g/mol. The van der Waals surface area contributed by atoms with Gasteiger partial charge in [0.25, 0.3) is 0 Å². The maximum absolute atomic E-state index is 11.7. The first-order chi connectivity index (χ1) is 10.1. The molecule has 2 aromatic rings. The smallest absolute Gasteiger partial charge is 0.223 e. The summed E-state index contributed by atoms with van der Waals surface area (Å²) >= 11 is 6.22. The van der Waals surface area contributed by atoms with Gasteiger partial charge in [-0.05, 0) is 38.3 Å². The van der Waals surface area contributed by atoms with E-state index in [0.717, 1.165) is 35.4 Å². The van der Waals surface area contributed by atoms with Gasteiger partial charge in [-0.25, -0.2) is 9.97 Å². The number of alkyl halides is 1. The molecule has 0 spiro atoms. The number of rotatable bonds is 5. The van der Waals surface area contributed by atoms with Gasteiger partial charge in [0, 0.05) is 25.2 Å². The molecule has 0 aliphatic heterocycles. The Kier molecular flexibility index (Phi) is 3.85. The highest BCUT2D eigenvalue weighted by molar-refractivity contribution is 6.20. The van der Waals surface area contributed by atoms with E-state index in [1.807, 2.05) is 30.7 Å². The van der Waals surface area contributed by atoms with E-state index in [-0.39, 0.29) is 17.2 Å². The molecule has 2 aromatic heterocycles. The lowest BCUT2D eigenvalue weighted by atomic mass is 10.3. The Morgan fingerprint density at radius 2 is 2.33 bits per heavy atom. The molecule has 0 bridgehead atoms. The third-order valence-electron chi connectivity index (χ3n) is 3.69. The first kappa shape index (κ1) is 14.3. The summed E-state index contributed by atoms with van der Waals surface area (Å²) in [6, 6.07) is 2.00. The quantitative estimate of drug-likeness (QED) is 0.864. The predicted octanol–water partition coefficient (Wildman–Crippen LogP) is 2.57. The first-order valence-electron chi connectivity index (χ1n) is 7.31. The number of carbonyl (C=O) groups is 1. The van der Waals surface area contributed by atoms with E-state index in [9.17, 15) is 4.79 Å². The molecule has 0 aromatic carbocycles. The number of nitrogens with zero attached hydrogens (tertiary/aromatic N) is 3. The van der Waals surface area contributed by atoms with Crippen LogP contribution in [0, 0.1) is 12.8 Å². The van der Waals surface area contributed by atoms with Crippen LogP contribution in [0.1, 0.15) is 36.5 Å². The van der Waals surface area contributed by atoms with E-state index in [1.165, 1.54) is 0 Å². The number of aromatic nitrogens is 3. The Morgan fingerprint density at radius 3 is 3.00 bits per heavy atom. The Bertz CT molecular complexity index is 676. The number of carbonyl (C=O) groups excluding carboxylic acids is 1. The van der Waals surface area contributed by atoms with Gasteiger partial charge in [-0.1, -0.05) is 0 Å². The zero-order valence-electron chi connectivity index (χ0n) is 12.3. The monoisotopic (exact) mass is 306 g/mol. The van der Waals surface area contributed by atoms with E-state index in [4.69, 9.17) is 11.6 Å². The van der Waals surface area contributed by atoms with Gasteiger partial charge in [-0.2, -0.15) is 0 Å². The number of fused-ring (bicyclic) bond motifs is 1. The normalized spacial score (nSPS) is 16.1. The maximum Gasteiger partial charge on any atom is 0.223 e. The number of halogens is 1. The van der Waals surface area contributed by atoms with Crippen LogP contribution < -0.4 is 5.32 Å². The van der Waals surface area contributed by atoms with Crippen molar-refractivity contribution in [1.29, 1.82) is 0 Å². The minimum Gasteiger partial charge on any atom is -0.354 e.